The lowest BCUT2D eigenvalue weighted by molar-refractivity contribution is 0.0837. The van der Waals surface area contributed by atoms with Crippen molar-refractivity contribution in [1.29, 1.82) is 0 Å². The molecule has 1 amide bonds. The fraction of sp³-hybridized carbons (Fsp3) is 0.292. The smallest absolute Gasteiger partial charge is 0.257 e. The highest BCUT2D eigenvalue weighted by Gasteiger charge is 2.25. The molecule has 1 aromatic heterocycles. The number of nitrogens with zero attached hydrogens (tertiary/aromatic N) is 2. The van der Waals surface area contributed by atoms with Crippen molar-refractivity contribution in [2.24, 2.45) is 5.90 Å². The van der Waals surface area contributed by atoms with E-state index in [1.54, 1.807) is 25.1 Å². The first-order chi connectivity index (χ1) is 15.9. The Hall–Kier alpha value is -2.71. The van der Waals surface area contributed by atoms with Gasteiger partial charge in [-0.2, -0.15) is 10.2 Å². The van der Waals surface area contributed by atoms with Crippen LogP contribution in [0, 0.1) is 6.92 Å². The van der Waals surface area contributed by atoms with Gasteiger partial charge in [-0.1, -0.05) is 41.4 Å². The van der Waals surface area contributed by atoms with Crippen LogP contribution in [-0.2, 0) is 11.3 Å². The van der Waals surface area contributed by atoms with Crippen molar-refractivity contribution in [3.8, 4) is 11.5 Å². The molecule has 7 nitrogen and oxygen atoms in total. The normalized spacial score (nSPS) is 14.1. The van der Waals surface area contributed by atoms with E-state index in [2.05, 4.69) is 21.6 Å². The molecule has 9 heteroatoms. The van der Waals surface area contributed by atoms with E-state index in [9.17, 15) is 4.79 Å². The van der Waals surface area contributed by atoms with Gasteiger partial charge in [0.25, 0.3) is 5.91 Å². The molecule has 1 atom stereocenters. The summed E-state index contributed by atoms with van der Waals surface area (Å²) in [6.07, 6.45) is 4.22. The maximum Gasteiger partial charge on any atom is 0.257 e. The number of aromatic nitrogens is 2. The Morgan fingerprint density at radius 3 is 2.79 bits per heavy atom. The zero-order chi connectivity index (χ0) is 23.4. The molecule has 1 saturated carbocycles. The van der Waals surface area contributed by atoms with Crippen LogP contribution in [0.4, 0.5) is 0 Å². The number of ether oxygens (including phenoxy) is 1. The minimum Gasteiger partial charge on any atom is -0.455 e. The maximum atomic E-state index is 13.3. The van der Waals surface area contributed by atoms with Crippen LogP contribution in [0.5, 0.6) is 11.5 Å². The van der Waals surface area contributed by atoms with Crippen LogP contribution in [0.3, 0.4) is 0 Å². The molecule has 1 unspecified atom stereocenters. The van der Waals surface area contributed by atoms with Gasteiger partial charge in [-0.15, -0.1) is 0 Å². The standard InChI is InChI=1S/C24H24Cl2N4O3/c1-14-23(22(12-28-30-14)33-20-4-2-3-16(10-20)15-5-6-15)24(31)29-19(13-32-27)9-17-7-8-18(25)11-21(17)26/h2-4,7-8,10-12,15,19H,5-6,9,13,27H2,1H3,(H,29,31). The fourth-order valence-electron chi connectivity index (χ4n) is 3.67. The summed E-state index contributed by atoms with van der Waals surface area (Å²) in [7, 11) is 0. The van der Waals surface area contributed by atoms with Gasteiger partial charge in [-0.05, 0) is 67.5 Å². The van der Waals surface area contributed by atoms with Crippen LogP contribution in [0.2, 0.25) is 10.0 Å². The Bertz CT molecular complexity index is 1150. The molecule has 4 rings (SSSR count). The second kappa shape index (κ2) is 10.5. The van der Waals surface area contributed by atoms with Crippen LogP contribution in [0.25, 0.3) is 0 Å². The lowest BCUT2D eigenvalue weighted by atomic mass is 10.1. The molecule has 33 heavy (non-hydrogen) atoms. The number of hydrogen-bond donors (Lipinski definition) is 2. The highest BCUT2D eigenvalue weighted by molar-refractivity contribution is 6.35. The summed E-state index contributed by atoms with van der Waals surface area (Å²) in [5.74, 6) is 6.50. The second-order valence-corrected chi connectivity index (χ2v) is 8.91. The number of hydrogen-bond acceptors (Lipinski definition) is 6. The minimum atomic E-state index is -0.445. The highest BCUT2D eigenvalue weighted by atomic mass is 35.5. The lowest BCUT2D eigenvalue weighted by Crippen LogP contribution is -2.41. The lowest BCUT2D eigenvalue weighted by Gasteiger charge is -2.20. The molecule has 0 aliphatic heterocycles. The Morgan fingerprint density at radius 2 is 2.06 bits per heavy atom. The van der Waals surface area contributed by atoms with Gasteiger partial charge in [0.15, 0.2) is 5.75 Å². The monoisotopic (exact) mass is 486 g/mol. The van der Waals surface area contributed by atoms with Crippen molar-refractivity contribution in [2.75, 3.05) is 6.61 Å². The first-order valence-corrected chi connectivity index (χ1v) is 11.4. The van der Waals surface area contributed by atoms with E-state index < -0.39 is 6.04 Å². The number of carbonyl (C=O) groups excluding carboxylic acids is 1. The molecule has 3 N–H and O–H groups in total. The number of carbonyl (C=O) groups is 1. The Morgan fingerprint density at radius 1 is 1.24 bits per heavy atom. The van der Waals surface area contributed by atoms with Gasteiger partial charge < -0.3 is 14.9 Å². The fourth-order valence-corrected chi connectivity index (χ4v) is 4.15. The summed E-state index contributed by atoms with van der Waals surface area (Å²) in [6, 6.07) is 12.7. The van der Waals surface area contributed by atoms with E-state index in [1.165, 1.54) is 24.6 Å². The second-order valence-electron chi connectivity index (χ2n) is 8.06. The van der Waals surface area contributed by atoms with Gasteiger partial charge in [-0.25, -0.2) is 5.90 Å². The number of halogens is 2. The van der Waals surface area contributed by atoms with Gasteiger partial charge in [0.05, 0.1) is 24.5 Å². The average Bonchev–Trinajstić information content (AvgIpc) is 3.62. The van der Waals surface area contributed by atoms with Crippen LogP contribution in [0.15, 0.2) is 48.7 Å². The van der Waals surface area contributed by atoms with E-state index >= 15 is 0 Å². The third-order valence-electron chi connectivity index (χ3n) is 5.47. The summed E-state index contributed by atoms with van der Waals surface area (Å²) >= 11 is 12.3. The Balaban J connectivity index is 1.54. The number of rotatable bonds is 9. The number of nitrogens with two attached hydrogens (primary N) is 1. The molecule has 172 valence electrons. The number of amides is 1. The average molecular weight is 487 g/mol. The molecule has 0 saturated heterocycles. The third-order valence-corrected chi connectivity index (χ3v) is 6.05. The molecule has 1 fully saturated rings. The number of nitrogens with one attached hydrogen (secondary N) is 1. The van der Waals surface area contributed by atoms with Crippen molar-refractivity contribution in [1.82, 2.24) is 15.5 Å². The van der Waals surface area contributed by atoms with Gasteiger partial charge in [0, 0.05) is 10.0 Å². The van der Waals surface area contributed by atoms with E-state index in [4.69, 9.17) is 38.7 Å². The summed E-state index contributed by atoms with van der Waals surface area (Å²) < 4.78 is 6.07. The molecule has 2 aromatic carbocycles. The van der Waals surface area contributed by atoms with Gasteiger partial charge in [0.2, 0.25) is 0 Å². The molecular weight excluding hydrogens is 463 g/mol. The van der Waals surface area contributed by atoms with Crippen molar-refractivity contribution >= 4 is 29.1 Å². The van der Waals surface area contributed by atoms with Gasteiger partial charge in [0.1, 0.15) is 11.3 Å². The van der Waals surface area contributed by atoms with E-state index in [0.717, 1.165) is 5.56 Å². The SMILES string of the molecule is Cc1nncc(Oc2cccc(C3CC3)c2)c1C(=O)NC(CON)Cc1ccc(Cl)cc1Cl. The summed E-state index contributed by atoms with van der Waals surface area (Å²) in [5.41, 5.74) is 2.78. The highest BCUT2D eigenvalue weighted by Crippen LogP contribution is 2.41. The van der Waals surface area contributed by atoms with Crippen LogP contribution in [0.1, 0.15) is 45.9 Å². The molecule has 0 bridgehead atoms. The van der Waals surface area contributed by atoms with Crippen molar-refractivity contribution in [2.45, 2.75) is 38.1 Å². The van der Waals surface area contributed by atoms with Crippen LogP contribution >= 0.6 is 23.2 Å². The largest absolute Gasteiger partial charge is 0.455 e. The zero-order valence-electron chi connectivity index (χ0n) is 18.1. The number of benzene rings is 2. The van der Waals surface area contributed by atoms with Gasteiger partial charge >= 0.3 is 0 Å². The maximum absolute atomic E-state index is 13.3. The summed E-state index contributed by atoms with van der Waals surface area (Å²) in [4.78, 5) is 18.1. The van der Waals surface area contributed by atoms with Crippen LogP contribution in [-0.4, -0.2) is 28.8 Å². The minimum absolute atomic E-state index is 0.0852. The zero-order valence-corrected chi connectivity index (χ0v) is 19.6. The van der Waals surface area contributed by atoms with Crippen molar-refractivity contribution in [3.05, 3.63) is 81.1 Å². The molecule has 3 aromatic rings. The first-order valence-electron chi connectivity index (χ1n) is 10.6. The molecular formula is C24H24Cl2N4O3. The molecule has 0 radical (unpaired) electrons. The Labute approximate surface area is 202 Å². The predicted molar refractivity (Wildman–Crippen MR) is 127 cm³/mol. The first kappa shape index (κ1) is 23.4. The topological polar surface area (TPSA) is 99.4 Å². The molecule has 1 heterocycles. The quantitative estimate of drug-likeness (QED) is 0.413. The summed E-state index contributed by atoms with van der Waals surface area (Å²) in [5, 5.41) is 12.0. The summed E-state index contributed by atoms with van der Waals surface area (Å²) in [6.45, 7) is 1.79. The van der Waals surface area contributed by atoms with Crippen molar-refractivity contribution in [3.63, 3.8) is 0 Å². The Kier molecular flexibility index (Phi) is 7.45. The van der Waals surface area contributed by atoms with Gasteiger partial charge in [-0.3, -0.25) is 4.79 Å². The molecule has 1 aliphatic rings. The molecule has 1 aliphatic carbocycles. The van der Waals surface area contributed by atoms with Crippen LogP contribution < -0.4 is 16.0 Å². The van der Waals surface area contributed by atoms with E-state index in [-0.39, 0.29) is 12.5 Å². The van der Waals surface area contributed by atoms with E-state index in [1.807, 2.05) is 18.2 Å². The number of aryl methyl sites for hydroxylation is 1. The van der Waals surface area contributed by atoms with E-state index in [0.29, 0.717) is 45.1 Å². The predicted octanol–water partition coefficient (Wildman–Crippen LogP) is 4.99. The van der Waals surface area contributed by atoms with Crippen molar-refractivity contribution < 1.29 is 14.4 Å². The molecule has 0 spiro atoms. The third kappa shape index (κ3) is 6.00.